The van der Waals surface area contributed by atoms with Crippen LogP contribution in [-0.2, 0) is 16.1 Å². The average Bonchev–Trinajstić information content (AvgIpc) is 2.68. The van der Waals surface area contributed by atoms with Gasteiger partial charge in [0.2, 0.25) is 5.91 Å². The van der Waals surface area contributed by atoms with Crippen LogP contribution >= 0.6 is 0 Å². The highest BCUT2D eigenvalue weighted by Gasteiger charge is 2.32. The lowest BCUT2D eigenvalue weighted by Crippen LogP contribution is -2.53. The molecular formula is C20H28FN3O3. The number of piperazine rings is 1. The van der Waals surface area contributed by atoms with Crippen LogP contribution in [0, 0.1) is 11.7 Å². The molecule has 0 saturated carbocycles. The lowest BCUT2D eigenvalue weighted by Gasteiger charge is -2.38. The third-order valence-corrected chi connectivity index (χ3v) is 5.27. The molecule has 148 valence electrons. The molecule has 2 heterocycles. The second-order valence-electron chi connectivity index (χ2n) is 7.22. The number of hydrogen-bond donors (Lipinski definition) is 0. The van der Waals surface area contributed by atoms with E-state index in [1.54, 1.807) is 24.0 Å². The highest BCUT2D eigenvalue weighted by molar-refractivity contribution is 5.79. The largest absolute Gasteiger partial charge is 0.450 e. The first-order valence-corrected chi connectivity index (χ1v) is 9.74. The van der Waals surface area contributed by atoms with Gasteiger partial charge in [0, 0.05) is 39.3 Å². The van der Waals surface area contributed by atoms with Crippen molar-refractivity contribution in [1.29, 1.82) is 0 Å². The van der Waals surface area contributed by atoms with Crippen LogP contribution in [0.1, 0.15) is 25.3 Å². The maximum Gasteiger partial charge on any atom is 0.409 e. The lowest BCUT2D eigenvalue weighted by atomic mass is 9.95. The molecule has 0 aliphatic carbocycles. The fourth-order valence-corrected chi connectivity index (χ4v) is 3.88. The van der Waals surface area contributed by atoms with Gasteiger partial charge in [-0.15, -0.1) is 0 Å². The standard InChI is InChI=1S/C20H28FN3O3/c1-2-27-20(26)24-11-9-23(10-12-24)19(25)17-6-4-8-22(15-17)14-16-5-3-7-18(21)13-16/h3,5,7,13,17H,2,4,6,8-12,14-15H2,1H3. The fraction of sp³-hybridized carbons (Fsp3) is 0.600. The maximum absolute atomic E-state index is 13.4. The zero-order valence-electron chi connectivity index (χ0n) is 15.9. The van der Waals surface area contributed by atoms with Gasteiger partial charge in [-0.1, -0.05) is 12.1 Å². The van der Waals surface area contributed by atoms with Gasteiger partial charge >= 0.3 is 6.09 Å². The first-order chi connectivity index (χ1) is 13.1. The van der Waals surface area contributed by atoms with Crippen molar-refractivity contribution in [3.8, 4) is 0 Å². The summed E-state index contributed by atoms with van der Waals surface area (Å²) >= 11 is 0. The van der Waals surface area contributed by atoms with Crippen molar-refractivity contribution < 1.29 is 18.7 Å². The highest BCUT2D eigenvalue weighted by Crippen LogP contribution is 2.21. The Balaban J connectivity index is 1.51. The van der Waals surface area contributed by atoms with Gasteiger partial charge in [-0.25, -0.2) is 9.18 Å². The summed E-state index contributed by atoms with van der Waals surface area (Å²) in [5.74, 6) is -0.0829. The Kier molecular flexibility index (Phi) is 6.66. The van der Waals surface area contributed by atoms with Crippen LogP contribution < -0.4 is 0 Å². The smallest absolute Gasteiger partial charge is 0.409 e. The molecule has 2 saturated heterocycles. The third-order valence-electron chi connectivity index (χ3n) is 5.27. The SMILES string of the molecule is CCOC(=O)N1CCN(C(=O)C2CCCN(Cc3cccc(F)c3)C2)CC1. The molecule has 2 amide bonds. The van der Waals surface area contributed by atoms with Gasteiger partial charge < -0.3 is 14.5 Å². The molecular weight excluding hydrogens is 349 g/mol. The monoisotopic (exact) mass is 377 g/mol. The Morgan fingerprint density at radius 1 is 1.15 bits per heavy atom. The number of hydrogen-bond acceptors (Lipinski definition) is 4. The van der Waals surface area contributed by atoms with Crippen molar-refractivity contribution >= 4 is 12.0 Å². The Bertz CT molecular complexity index is 662. The molecule has 1 unspecified atom stereocenters. The number of carbonyl (C=O) groups excluding carboxylic acids is 2. The fourth-order valence-electron chi connectivity index (χ4n) is 3.88. The van der Waals surface area contributed by atoms with Crippen molar-refractivity contribution in [3.63, 3.8) is 0 Å². The van der Waals surface area contributed by atoms with Crippen molar-refractivity contribution in [1.82, 2.24) is 14.7 Å². The van der Waals surface area contributed by atoms with Crippen LogP contribution in [0.2, 0.25) is 0 Å². The van der Waals surface area contributed by atoms with E-state index in [0.29, 0.717) is 45.9 Å². The van der Waals surface area contributed by atoms with Crippen molar-refractivity contribution in [2.45, 2.75) is 26.3 Å². The molecule has 0 bridgehead atoms. The molecule has 0 spiro atoms. The van der Waals surface area contributed by atoms with Gasteiger partial charge in [0.15, 0.2) is 0 Å². The molecule has 7 heteroatoms. The van der Waals surface area contributed by atoms with Gasteiger partial charge in [0.1, 0.15) is 5.82 Å². The molecule has 1 atom stereocenters. The van der Waals surface area contributed by atoms with E-state index in [2.05, 4.69) is 4.90 Å². The number of piperidine rings is 1. The number of amides is 2. The van der Waals surface area contributed by atoms with E-state index in [4.69, 9.17) is 4.74 Å². The molecule has 0 N–H and O–H groups in total. The van der Waals surface area contributed by atoms with E-state index in [9.17, 15) is 14.0 Å². The molecule has 6 nitrogen and oxygen atoms in total. The molecule has 27 heavy (non-hydrogen) atoms. The van der Waals surface area contributed by atoms with Gasteiger partial charge in [-0.05, 0) is 44.0 Å². The van der Waals surface area contributed by atoms with Crippen LogP contribution in [0.15, 0.2) is 24.3 Å². The van der Waals surface area contributed by atoms with E-state index in [1.165, 1.54) is 6.07 Å². The molecule has 2 aliphatic rings. The number of rotatable bonds is 4. The van der Waals surface area contributed by atoms with Crippen molar-refractivity contribution in [2.75, 3.05) is 45.9 Å². The summed E-state index contributed by atoms with van der Waals surface area (Å²) in [4.78, 5) is 30.5. The second-order valence-corrected chi connectivity index (χ2v) is 7.22. The van der Waals surface area contributed by atoms with Crippen LogP contribution in [0.4, 0.5) is 9.18 Å². The molecule has 1 aromatic rings. The van der Waals surface area contributed by atoms with E-state index >= 15 is 0 Å². The average molecular weight is 377 g/mol. The number of ether oxygens (including phenoxy) is 1. The Labute approximate surface area is 159 Å². The van der Waals surface area contributed by atoms with Crippen LogP contribution in [0.3, 0.4) is 0 Å². The van der Waals surface area contributed by atoms with Crippen LogP contribution in [0.25, 0.3) is 0 Å². The minimum Gasteiger partial charge on any atom is -0.450 e. The summed E-state index contributed by atoms with van der Waals surface area (Å²) in [5.41, 5.74) is 0.936. The number of nitrogens with zero attached hydrogens (tertiary/aromatic N) is 3. The maximum atomic E-state index is 13.4. The minimum absolute atomic E-state index is 0.0264. The predicted molar refractivity (Wildman–Crippen MR) is 99.6 cm³/mol. The van der Waals surface area contributed by atoms with E-state index in [1.807, 2.05) is 11.0 Å². The molecule has 0 radical (unpaired) electrons. The Morgan fingerprint density at radius 3 is 2.59 bits per heavy atom. The first kappa shape index (κ1) is 19.6. The summed E-state index contributed by atoms with van der Waals surface area (Å²) in [6.45, 7) is 6.59. The second kappa shape index (κ2) is 9.17. The molecule has 2 fully saturated rings. The third kappa shape index (κ3) is 5.19. The summed E-state index contributed by atoms with van der Waals surface area (Å²) < 4.78 is 18.4. The zero-order valence-corrected chi connectivity index (χ0v) is 15.9. The molecule has 2 aliphatic heterocycles. The highest BCUT2D eigenvalue weighted by atomic mass is 19.1. The summed E-state index contributed by atoms with van der Waals surface area (Å²) in [6.07, 6.45) is 1.55. The molecule has 0 aromatic heterocycles. The Hall–Kier alpha value is -2.15. The van der Waals surface area contributed by atoms with Crippen molar-refractivity contribution in [3.05, 3.63) is 35.6 Å². The summed E-state index contributed by atoms with van der Waals surface area (Å²) in [5, 5.41) is 0. The predicted octanol–water partition coefficient (Wildman–Crippen LogP) is 2.34. The number of benzene rings is 1. The molecule has 1 aromatic carbocycles. The zero-order chi connectivity index (χ0) is 19.2. The normalized spacial score (nSPS) is 21.2. The lowest BCUT2D eigenvalue weighted by molar-refractivity contribution is -0.139. The number of likely N-dealkylation sites (tertiary alicyclic amines) is 1. The van der Waals surface area contributed by atoms with E-state index in [0.717, 1.165) is 24.9 Å². The van der Waals surface area contributed by atoms with Crippen LogP contribution in [0.5, 0.6) is 0 Å². The van der Waals surface area contributed by atoms with Gasteiger partial charge in [-0.2, -0.15) is 0 Å². The Morgan fingerprint density at radius 2 is 1.89 bits per heavy atom. The van der Waals surface area contributed by atoms with Gasteiger partial charge in [0.05, 0.1) is 12.5 Å². The summed E-state index contributed by atoms with van der Waals surface area (Å²) in [6, 6.07) is 6.64. The van der Waals surface area contributed by atoms with Gasteiger partial charge in [0.25, 0.3) is 0 Å². The quantitative estimate of drug-likeness (QED) is 0.808. The first-order valence-electron chi connectivity index (χ1n) is 9.74. The summed E-state index contributed by atoms with van der Waals surface area (Å²) in [7, 11) is 0. The van der Waals surface area contributed by atoms with E-state index in [-0.39, 0.29) is 23.7 Å². The van der Waals surface area contributed by atoms with Gasteiger partial charge in [-0.3, -0.25) is 9.69 Å². The number of halogens is 1. The molecule has 3 rings (SSSR count). The number of carbonyl (C=O) groups is 2. The van der Waals surface area contributed by atoms with E-state index < -0.39 is 0 Å². The van der Waals surface area contributed by atoms with Crippen LogP contribution in [-0.4, -0.2) is 72.6 Å². The minimum atomic E-state index is -0.302. The van der Waals surface area contributed by atoms with Crippen molar-refractivity contribution in [2.24, 2.45) is 5.92 Å². The topological polar surface area (TPSA) is 53.1 Å².